The number of carbonyl (C=O) groups is 2. The molecule has 2 aromatic rings. The zero-order valence-electron chi connectivity index (χ0n) is 11.8. The van der Waals surface area contributed by atoms with Crippen LogP contribution in [0, 0.1) is 0 Å². The first-order valence-corrected chi connectivity index (χ1v) is 6.80. The Labute approximate surface area is 123 Å². The molecule has 21 heavy (non-hydrogen) atoms. The molecule has 0 fully saturated rings. The minimum absolute atomic E-state index is 0.178. The lowest BCUT2D eigenvalue weighted by atomic mass is 10.0. The van der Waals surface area contributed by atoms with Crippen molar-refractivity contribution in [2.75, 3.05) is 11.9 Å². The molecule has 0 unspecified atom stereocenters. The third-order valence-corrected chi connectivity index (χ3v) is 2.96. The van der Waals surface area contributed by atoms with E-state index in [1.807, 2.05) is 48.5 Å². The number of esters is 1. The molecule has 0 aliphatic carbocycles. The van der Waals surface area contributed by atoms with E-state index in [1.54, 1.807) is 13.0 Å². The highest BCUT2D eigenvalue weighted by molar-refractivity contribution is 6.37. The van der Waals surface area contributed by atoms with Crippen LogP contribution in [-0.4, -0.2) is 18.5 Å². The second-order valence-electron chi connectivity index (χ2n) is 4.49. The van der Waals surface area contributed by atoms with E-state index in [1.165, 1.54) is 0 Å². The molecule has 0 radical (unpaired) electrons. The fraction of sp³-hybridized carbons (Fsp3) is 0.176. The van der Waals surface area contributed by atoms with Crippen molar-refractivity contribution in [2.45, 2.75) is 13.3 Å². The number of para-hydroxylation sites is 1. The fourth-order valence-corrected chi connectivity index (χ4v) is 1.98. The molecule has 0 bridgehead atoms. The molecule has 1 N–H and O–H groups in total. The summed E-state index contributed by atoms with van der Waals surface area (Å²) in [7, 11) is 0. The van der Waals surface area contributed by atoms with E-state index in [0.29, 0.717) is 12.1 Å². The molecule has 0 aromatic heterocycles. The van der Waals surface area contributed by atoms with Crippen LogP contribution in [-0.2, 0) is 20.7 Å². The number of amides is 1. The van der Waals surface area contributed by atoms with Crippen molar-refractivity contribution in [1.82, 2.24) is 0 Å². The predicted molar refractivity (Wildman–Crippen MR) is 81.0 cm³/mol. The van der Waals surface area contributed by atoms with Crippen molar-refractivity contribution in [3.05, 3.63) is 65.7 Å². The first-order valence-electron chi connectivity index (χ1n) is 6.80. The van der Waals surface area contributed by atoms with Gasteiger partial charge in [0.05, 0.1) is 6.61 Å². The van der Waals surface area contributed by atoms with Crippen LogP contribution in [0.25, 0.3) is 0 Å². The molecule has 0 aliphatic heterocycles. The van der Waals surface area contributed by atoms with Gasteiger partial charge in [-0.25, -0.2) is 4.79 Å². The van der Waals surface area contributed by atoms with E-state index in [0.717, 1.165) is 11.1 Å². The molecule has 0 spiro atoms. The predicted octanol–water partition coefficient (Wildman–Crippen LogP) is 2.78. The Hall–Kier alpha value is -2.62. The average molecular weight is 283 g/mol. The molecule has 0 atom stereocenters. The van der Waals surface area contributed by atoms with Gasteiger partial charge in [0.15, 0.2) is 0 Å². The molecule has 0 aliphatic rings. The zero-order valence-corrected chi connectivity index (χ0v) is 11.8. The number of hydrogen-bond donors (Lipinski definition) is 1. The molecule has 1 amide bonds. The lowest BCUT2D eigenvalue weighted by molar-refractivity contribution is -0.152. The Morgan fingerprint density at radius 3 is 2.38 bits per heavy atom. The zero-order chi connectivity index (χ0) is 15.1. The van der Waals surface area contributed by atoms with Gasteiger partial charge in [0.2, 0.25) is 0 Å². The van der Waals surface area contributed by atoms with Gasteiger partial charge in [0, 0.05) is 5.69 Å². The van der Waals surface area contributed by atoms with E-state index in [4.69, 9.17) is 0 Å². The lowest BCUT2D eigenvalue weighted by Gasteiger charge is -2.10. The number of anilines is 1. The van der Waals surface area contributed by atoms with Crippen molar-refractivity contribution >= 4 is 17.6 Å². The van der Waals surface area contributed by atoms with E-state index >= 15 is 0 Å². The molecule has 108 valence electrons. The van der Waals surface area contributed by atoms with Crippen LogP contribution < -0.4 is 5.32 Å². The average Bonchev–Trinajstić information content (AvgIpc) is 2.50. The minimum Gasteiger partial charge on any atom is -0.459 e. The summed E-state index contributed by atoms with van der Waals surface area (Å²) >= 11 is 0. The van der Waals surface area contributed by atoms with Crippen molar-refractivity contribution in [3.8, 4) is 0 Å². The van der Waals surface area contributed by atoms with Gasteiger partial charge in [-0.05, 0) is 30.5 Å². The summed E-state index contributed by atoms with van der Waals surface area (Å²) < 4.78 is 4.68. The summed E-state index contributed by atoms with van der Waals surface area (Å²) in [4.78, 5) is 23.1. The van der Waals surface area contributed by atoms with E-state index in [-0.39, 0.29) is 6.61 Å². The van der Waals surface area contributed by atoms with Gasteiger partial charge >= 0.3 is 11.9 Å². The Bertz CT molecular complexity index is 623. The maximum Gasteiger partial charge on any atom is 0.397 e. The highest BCUT2D eigenvalue weighted by Crippen LogP contribution is 2.19. The Balaban J connectivity index is 2.14. The number of carbonyl (C=O) groups excluding carboxylic acids is 2. The van der Waals surface area contributed by atoms with Gasteiger partial charge in [-0.2, -0.15) is 0 Å². The van der Waals surface area contributed by atoms with Gasteiger partial charge in [-0.1, -0.05) is 48.5 Å². The van der Waals surface area contributed by atoms with Crippen LogP contribution in [0.2, 0.25) is 0 Å². The van der Waals surface area contributed by atoms with E-state index in [9.17, 15) is 9.59 Å². The summed E-state index contributed by atoms with van der Waals surface area (Å²) in [6, 6.07) is 17.3. The molecule has 2 rings (SSSR count). The lowest BCUT2D eigenvalue weighted by Crippen LogP contribution is -2.25. The Kier molecular flexibility index (Phi) is 5.10. The SMILES string of the molecule is CCOC(=O)C(=O)Nc1ccccc1Cc1ccccc1. The number of nitrogens with one attached hydrogen (secondary N) is 1. The van der Waals surface area contributed by atoms with Crippen LogP contribution in [0.3, 0.4) is 0 Å². The highest BCUT2D eigenvalue weighted by atomic mass is 16.5. The quantitative estimate of drug-likeness (QED) is 0.693. The van der Waals surface area contributed by atoms with Gasteiger partial charge in [-0.15, -0.1) is 0 Å². The monoisotopic (exact) mass is 283 g/mol. The molecular weight excluding hydrogens is 266 g/mol. The molecule has 0 heterocycles. The fourth-order valence-electron chi connectivity index (χ4n) is 1.98. The first kappa shape index (κ1) is 14.8. The summed E-state index contributed by atoms with van der Waals surface area (Å²) in [5, 5.41) is 2.60. The molecule has 2 aromatic carbocycles. The van der Waals surface area contributed by atoms with Gasteiger partial charge in [0.25, 0.3) is 0 Å². The Morgan fingerprint density at radius 2 is 1.67 bits per heavy atom. The van der Waals surface area contributed by atoms with E-state index in [2.05, 4.69) is 10.1 Å². The van der Waals surface area contributed by atoms with Crippen molar-refractivity contribution in [3.63, 3.8) is 0 Å². The second kappa shape index (κ2) is 7.24. The number of ether oxygens (including phenoxy) is 1. The van der Waals surface area contributed by atoms with E-state index < -0.39 is 11.9 Å². The van der Waals surface area contributed by atoms with Crippen LogP contribution in [0.4, 0.5) is 5.69 Å². The van der Waals surface area contributed by atoms with Crippen LogP contribution in [0.1, 0.15) is 18.1 Å². The van der Waals surface area contributed by atoms with Gasteiger partial charge in [0.1, 0.15) is 0 Å². The standard InChI is InChI=1S/C17H17NO3/c1-2-21-17(20)16(19)18-15-11-7-6-10-14(15)12-13-8-4-3-5-9-13/h3-11H,2,12H2,1H3,(H,18,19). The third-order valence-electron chi connectivity index (χ3n) is 2.96. The summed E-state index contributed by atoms with van der Waals surface area (Å²) in [5.74, 6) is -1.62. The molecular formula is C17H17NO3. The third kappa shape index (κ3) is 4.18. The smallest absolute Gasteiger partial charge is 0.397 e. The van der Waals surface area contributed by atoms with Crippen molar-refractivity contribution in [2.24, 2.45) is 0 Å². The molecule has 4 heteroatoms. The van der Waals surface area contributed by atoms with Crippen LogP contribution in [0.15, 0.2) is 54.6 Å². The molecule has 0 saturated carbocycles. The van der Waals surface area contributed by atoms with Crippen LogP contribution >= 0.6 is 0 Å². The first-order chi connectivity index (χ1) is 10.2. The van der Waals surface area contributed by atoms with Crippen LogP contribution in [0.5, 0.6) is 0 Å². The molecule has 0 saturated heterocycles. The van der Waals surface area contributed by atoms with Gasteiger partial charge in [-0.3, -0.25) is 4.79 Å². The molecule has 4 nitrogen and oxygen atoms in total. The highest BCUT2D eigenvalue weighted by Gasteiger charge is 2.16. The normalized spacial score (nSPS) is 9.95. The summed E-state index contributed by atoms with van der Waals surface area (Å²) in [5.41, 5.74) is 2.70. The Morgan fingerprint density at radius 1 is 1.00 bits per heavy atom. The second-order valence-corrected chi connectivity index (χ2v) is 4.49. The van der Waals surface area contributed by atoms with Crippen molar-refractivity contribution < 1.29 is 14.3 Å². The summed E-state index contributed by atoms with van der Waals surface area (Å²) in [6.07, 6.45) is 0.681. The topological polar surface area (TPSA) is 55.4 Å². The largest absolute Gasteiger partial charge is 0.459 e. The number of rotatable bonds is 4. The van der Waals surface area contributed by atoms with Gasteiger partial charge < -0.3 is 10.1 Å². The number of benzene rings is 2. The maximum absolute atomic E-state index is 11.7. The summed E-state index contributed by atoms with van der Waals surface area (Å²) in [6.45, 7) is 1.84. The minimum atomic E-state index is -0.869. The number of hydrogen-bond acceptors (Lipinski definition) is 3. The maximum atomic E-state index is 11.7. The van der Waals surface area contributed by atoms with Crippen molar-refractivity contribution in [1.29, 1.82) is 0 Å².